The number of rotatable bonds is 6. The van der Waals surface area contributed by atoms with Crippen LogP contribution < -0.4 is 10.9 Å². The normalized spacial score (nSPS) is 12.6. The molecule has 0 aliphatic rings. The maximum Gasteiger partial charge on any atom is 0.251 e. The van der Waals surface area contributed by atoms with Crippen LogP contribution in [0.5, 0.6) is 0 Å². The van der Waals surface area contributed by atoms with E-state index in [9.17, 15) is 4.79 Å². The van der Waals surface area contributed by atoms with Gasteiger partial charge in [-0.2, -0.15) is 5.10 Å². The Morgan fingerprint density at radius 1 is 1.29 bits per heavy atom. The van der Waals surface area contributed by atoms with E-state index in [1.165, 1.54) is 11.8 Å². The van der Waals surface area contributed by atoms with Crippen molar-refractivity contribution in [1.29, 1.82) is 0 Å². The van der Waals surface area contributed by atoms with E-state index in [1.54, 1.807) is 0 Å². The monoisotopic (exact) mass is 289 g/mol. The first-order chi connectivity index (χ1) is 9.94. The summed E-state index contributed by atoms with van der Waals surface area (Å²) in [7, 11) is 0. The Hall–Kier alpha value is -1.95. The first-order valence-electron chi connectivity index (χ1n) is 7.25. The second kappa shape index (κ2) is 6.67. The Bertz CT molecular complexity index is 658. The number of H-pyrrole nitrogens is 1. The van der Waals surface area contributed by atoms with Gasteiger partial charge in [-0.05, 0) is 33.8 Å². The van der Waals surface area contributed by atoms with E-state index >= 15 is 0 Å². The SMILES string of the molecule is Cc1cc(=O)[nH]c(CCN[C@H](C)Cn2nc(C)cc2C)n1. The molecule has 0 bridgehead atoms. The minimum absolute atomic E-state index is 0.0896. The summed E-state index contributed by atoms with van der Waals surface area (Å²) in [4.78, 5) is 18.4. The summed E-state index contributed by atoms with van der Waals surface area (Å²) < 4.78 is 2.01. The molecular formula is C15H23N5O. The van der Waals surface area contributed by atoms with Crippen LogP contribution in [0.1, 0.15) is 29.8 Å². The van der Waals surface area contributed by atoms with Crippen molar-refractivity contribution in [3.63, 3.8) is 0 Å². The van der Waals surface area contributed by atoms with Crippen LogP contribution in [0.3, 0.4) is 0 Å². The molecule has 1 atom stereocenters. The van der Waals surface area contributed by atoms with Crippen LogP contribution in [-0.2, 0) is 13.0 Å². The number of hydrogen-bond donors (Lipinski definition) is 2. The van der Waals surface area contributed by atoms with E-state index in [-0.39, 0.29) is 5.56 Å². The third kappa shape index (κ3) is 4.53. The van der Waals surface area contributed by atoms with Crippen molar-refractivity contribution in [2.75, 3.05) is 6.54 Å². The van der Waals surface area contributed by atoms with Crippen molar-refractivity contribution in [2.45, 2.75) is 46.7 Å². The van der Waals surface area contributed by atoms with Gasteiger partial charge in [0.15, 0.2) is 0 Å². The molecule has 0 saturated heterocycles. The molecule has 0 aliphatic heterocycles. The molecule has 2 N–H and O–H groups in total. The van der Waals surface area contributed by atoms with Gasteiger partial charge in [0.25, 0.3) is 5.56 Å². The van der Waals surface area contributed by atoms with Gasteiger partial charge in [0, 0.05) is 36.5 Å². The van der Waals surface area contributed by atoms with Crippen LogP contribution in [-0.4, -0.2) is 32.3 Å². The number of nitrogens with zero attached hydrogens (tertiary/aromatic N) is 3. The Balaban J connectivity index is 1.82. The molecule has 6 heteroatoms. The molecule has 2 aromatic rings. The third-order valence-electron chi connectivity index (χ3n) is 3.32. The third-order valence-corrected chi connectivity index (χ3v) is 3.32. The summed E-state index contributed by atoms with van der Waals surface area (Å²) in [5.74, 6) is 0.728. The molecular weight excluding hydrogens is 266 g/mol. The Labute approximate surface area is 124 Å². The highest BCUT2D eigenvalue weighted by Gasteiger charge is 2.07. The van der Waals surface area contributed by atoms with Gasteiger partial charge >= 0.3 is 0 Å². The van der Waals surface area contributed by atoms with Crippen molar-refractivity contribution >= 4 is 0 Å². The van der Waals surface area contributed by atoms with Crippen LogP contribution in [0.25, 0.3) is 0 Å². The van der Waals surface area contributed by atoms with Crippen LogP contribution in [0.4, 0.5) is 0 Å². The average molecular weight is 289 g/mol. The molecule has 2 aromatic heterocycles. The molecule has 0 fully saturated rings. The summed E-state index contributed by atoms with van der Waals surface area (Å²) >= 11 is 0. The minimum Gasteiger partial charge on any atom is -0.312 e. The van der Waals surface area contributed by atoms with Crippen LogP contribution in [0.15, 0.2) is 16.9 Å². The predicted octanol–water partition coefficient (Wildman–Crippen LogP) is 1.11. The highest BCUT2D eigenvalue weighted by atomic mass is 16.1. The van der Waals surface area contributed by atoms with Crippen molar-refractivity contribution in [3.05, 3.63) is 45.4 Å². The lowest BCUT2D eigenvalue weighted by Gasteiger charge is -2.14. The Kier molecular flexibility index (Phi) is 4.90. The number of aromatic amines is 1. The first kappa shape index (κ1) is 15.4. The molecule has 0 aliphatic carbocycles. The molecule has 6 nitrogen and oxygen atoms in total. The smallest absolute Gasteiger partial charge is 0.251 e. The van der Waals surface area contributed by atoms with E-state index < -0.39 is 0 Å². The van der Waals surface area contributed by atoms with Gasteiger partial charge < -0.3 is 10.3 Å². The first-order valence-corrected chi connectivity index (χ1v) is 7.25. The topological polar surface area (TPSA) is 75.6 Å². The van der Waals surface area contributed by atoms with Gasteiger partial charge in [0.1, 0.15) is 5.82 Å². The van der Waals surface area contributed by atoms with Crippen LogP contribution in [0.2, 0.25) is 0 Å². The standard InChI is InChI=1S/C15H23N5O/c1-10-8-15(21)18-14(17-10)5-6-16-12(3)9-20-13(4)7-11(2)19-20/h7-8,12,16H,5-6,9H2,1-4H3,(H,17,18,21)/t12-/m1/s1. The van der Waals surface area contributed by atoms with Gasteiger partial charge in [-0.1, -0.05) is 0 Å². The molecule has 114 valence electrons. The fraction of sp³-hybridized carbons (Fsp3) is 0.533. The van der Waals surface area contributed by atoms with E-state index in [1.807, 2.05) is 18.5 Å². The molecule has 0 amide bonds. The Morgan fingerprint density at radius 3 is 2.67 bits per heavy atom. The van der Waals surface area contributed by atoms with Crippen molar-refractivity contribution < 1.29 is 0 Å². The Morgan fingerprint density at radius 2 is 2.05 bits per heavy atom. The fourth-order valence-corrected chi connectivity index (χ4v) is 2.38. The van der Waals surface area contributed by atoms with Gasteiger partial charge in [0.2, 0.25) is 0 Å². The van der Waals surface area contributed by atoms with Crippen molar-refractivity contribution in [3.8, 4) is 0 Å². The number of aryl methyl sites for hydroxylation is 3. The largest absolute Gasteiger partial charge is 0.312 e. The van der Waals surface area contributed by atoms with E-state index in [0.717, 1.165) is 30.3 Å². The molecule has 21 heavy (non-hydrogen) atoms. The molecule has 2 rings (SSSR count). The number of aromatic nitrogens is 4. The molecule has 0 aromatic carbocycles. The lowest BCUT2D eigenvalue weighted by atomic mass is 10.3. The molecule has 0 radical (unpaired) electrons. The predicted molar refractivity (Wildman–Crippen MR) is 82.5 cm³/mol. The van der Waals surface area contributed by atoms with Crippen molar-refractivity contribution in [2.24, 2.45) is 0 Å². The lowest BCUT2D eigenvalue weighted by Crippen LogP contribution is -2.33. The maximum atomic E-state index is 11.4. The van der Waals surface area contributed by atoms with Gasteiger partial charge in [-0.25, -0.2) is 4.98 Å². The van der Waals surface area contributed by atoms with Gasteiger partial charge in [-0.3, -0.25) is 9.48 Å². The number of hydrogen-bond acceptors (Lipinski definition) is 4. The summed E-state index contributed by atoms with van der Waals surface area (Å²) in [5, 5.41) is 7.89. The zero-order valence-corrected chi connectivity index (χ0v) is 13.1. The van der Waals surface area contributed by atoms with E-state index in [2.05, 4.69) is 40.3 Å². The zero-order chi connectivity index (χ0) is 15.4. The molecule has 0 unspecified atom stereocenters. The molecule has 0 spiro atoms. The maximum absolute atomic E-state index is 11.4. The summed E-state index contributed by atoms with van der Waals surface area (Å²) in [6.07, 6.45) is 0.707. The second-order valence-electron chi connectivity index (χ2n) is 5.55. The summed E-state index contributed by atoms with van der Waals surface area (Å²) in [5.41, 5.74) is 2.88. The molecule has 2 heterocycles. The second-order valence-corrected chi connectivity index (χ2v) is 5.55. The number of nitrogens with one attached hydrogen (secondary N) is 2. The van der Waals surface area contributed by atoms with Crippen LogP contribution >= 0.6 is 0 Å². The highest BCUT2D eigenvalue weighted by Crippen LogP contribution is 2.02. The summed E-state index contributed by atoms with van der Waals surface area (Å²) in [6.45, 7) is 9.63. The minimum atomic E-state index is -0.0896. The molecule has 0 saturated carbocycles. The lowest BCUT2D eigenvalue weighted by molar-refractivity contribution is 0.445. The fourth-order valence-electron chi connectivity index (χ4n) is 2.38. The van der Waals surface area contributed by atoms with Crippen molar-refractivity contribution in [1.82, 2.24) is 25.1 Å². The van der Waals surface area contributed by atoms with Gasteiger partial charge in [0.05, 0.1) is 12.2 Å². The quantitative estimate of drug-likeness (QED) is 0.835. The van der Waals surface area contributed by atoms with Gasteiger partial charge in [-0.15, -0.1) is 0 Å². The zero-order valence-electron chi connectivity index (χ0n) is 13.1. The van der Waals surface area contributed by atoms with Crippen LogP contribution in [0, 0.1) is 20.8 Å². The average Bonchev–Trinajstić information content (AvgIpc) is 2.66. The van der Waals surface area contributed by atoms with E-state index in [0.29, 0.717) is 12.5 Å². The van der Waals surface area contributed by atoms with E-state index in [4.69, 9.17) is 0 Å². The summed E-state index contributed by atoms with van der Waals surface area (Å²) in [6, 6.07) is 3.88. The highest BCUT2D eigenvalue weighted by molar-refractivity contribution is 5.06.